The second-order valence-electron chi connectivity index (χ2n) is 4.51. The number of anilines is 1. The summed E-state index contributed by atoms with van der Waals surface area (Å²) < 4.78 is 0. The molecule has 0 saturated heterocycles. The van der Waals surface area contributed by atoms with Gasteiger partial charge in [0.2, 0.25) is 0 Å². The molecular formula is C14H15N5S. The molecule has 0 unspecified atom stereocenters. The Kier molecular flexibility index (Phi) is 3.58. The average molecular weight is 285 g/mol. The summed E-state index contributed by atoms with van der Waals surface area (Å²) in [5.74, 6) is 6.77. The smallest absolute Gasteiger partial charge is 0.166 e. The van der Waals surface area contributed by atoms with Crippen LogP contribution in [0.1, 0.15) is 11.3 Å². The van der Waals surface area contributed by atoms with E-state index in [9.17, 15) is 0 Å². The first-order valence-corrected chi connectivity index (χ1v) is 7.25. The van der Waals surface area contributed by atoms with Crippen LogP contribution in [0.15, 0.2) is 41.6 Å². The van der Waals surface area contributed by atoms with Gasteiger partial charge in [0.1, 0.15) is 5.82 Å². The van der Waals surface area contributed by atoms with Crippen molar-refractivity contribution in [1.29, 1.82) is 0 Å². The highest BCUT2D eigenvalue weighted by atomic mass is 32.2. The number of benzene rings is 1. The highest BCUT2D eigenvalue weighted by Crippen LogP contribution is 2.23. The summed E-state index contributed by atoms with van der Waals surface area (Å²) in [6, 6.07) is 11.9. The zero-order chi connectivity index (χ0) is 13.9. The number of nitrogen functional groups attached to an aromatic ring is 1. The Morgan fingerprint density at radius 3 is 3.00 bits per heavy atom. The number of aromatic amines is 1. The Labute approximate surface area is 121 Å². The van der Waals surface area contributed by atoms with E-state index in [0.29, 0.717) is 5.82 Å². The van der Waals surface area contributed by atoms with Gasteiger partial charge in [0.15, 0.2) is 5.16 Å². The van der Waals surface area contributed by atoms with Crippen LogP contribution in [-0.2, 0) is 5.75 Å². The van der Waals surface area contributed by atoms with Crippen molar-refractivity contribution in [3.63, 3.8) is 0 Å². The largest absolute Gasteiger partial charge is 0.333 e. The molecule has 6 heteroatoms. The van der Waals surface area contributed by atoms with Crippen LogP contribution in [0.4, 0.5) is 5.82 Å². The molecule has 20 heavy (non-hydrogen) atoms. The molecule has 0 spiro atoms. The van der Waals surface area contributed by atoms with Crippen molar-refractivity contribution < 1.29 is 0 Å². The molecule has 2 aromatic heterocycles. The van der Waals surface area contributed by atoms with Gasteiger partial charge in [-0.05, 0) is 36.8 Å². The molecule has 0 aliphatic carbocycles. The molecular weight excluding hydrogens is 270 g/mol. The number of H-pyrrole nitrogens is 1. The van der Waals surface area contributed by atoms with E-state index in [0.717, 1.165) is 27.6 Å². The quantitative estimate of drug-likeness (QED) is 0.390. The van der Waals surface area contributed by atoms with Crippen LogP contribution in [0.5, 0.6) is 0 Å². The summed E-state index contributed by atoms with van der Waals surface area (Å²) in [5.41, 5.74) is 6.79. The predicted octanol–water partition coefficient (Wildman–Crippen LogP) is 2.84. The maximum atomic E-state index is 5.35. The molecule has 102 valence electrons. The van der Waals surface area contributed by atoms with E-state index in [1.165, 1.54) is 5.56 Å². The third-order valence-corrected chi connectivity index (χ3v) is 3.83. The highest BCUT2D eigenvalue weighted by molar-refractivity contribution is 7.98. The molecule has 5 nitrogen and oxygen atoms in total. The van der Waals surface area contributed by atoms with Crippen molar-refractivity contribution in [3.05, 3.63) is 47.7 Å². The number of imidazole rings is 1. The van der Waals surface area contributed by atoms with Crippen molar-refractivity contribution in [2.45, 2.75) is 17.8 Å². The number of aryl methyl sites for hydroxylation is 1. The Morgan fingerprint density at radius 1 is 1.25 bits per heavy atom. The number of fused-ring (bicyclic) bond motifs is 1. The minimum Gasteiger partial charge on any atom is -0.333 e. The number of hydrazine groups is 1. The van der Waals surface area contributed by atoms with Crippen molar-refractivity contribution >= 4 is 28.6 Å². The van der Waals surface area contributed by atoms with E-state index < -0.39 is 0 Å². The van der Waals surface area contributed by atoms with Gasteiger partial charge < -0.3 is 10.4 Å². The summed E-state index contributed by atoms with van der Waals surface area (Å²) in [6.45, 7) is 2.07. The fourth-order valence-corrected chi connectivity index (χ4v) is 2.74. The first-order chi connectivity index (χ1) is 9.74. The van der Waals surface area contributed by atoms with Crippen LogP contribution in [-0.4, -0.2) is 15.0 Å². The second-order valence-corrected chi connectivity index (χ2v) is 5.47. The molecule has 0 aliphatic heterocycles. The van der Waals surface area contributed by atoms with Gasteiger partial charge in [-0.15, -0.1) is 0 Å². The zero-order valence-electron chi connectivity index (χ0n) is 11.1. The van der Waals surface area contributed by atoms with Gasteiger partial charge in [-0.3, -0.25) is 0 Å². The summed E-state index contributed by atoms with van der Waals surface area (Å²) in [4.78, 5) is 12.2. The highest BCUT2D eigenvalue weighted by Gasteiger charge is 2.05. The van der Waals surface area contributed by atoms with Gasteiger partial charge in [0.25, 0.3) is 0 Å². The van der Waals surface area contributed by atoms with Crippen LogP contribution in [0.2, 0.25) is 0 Å². The minimum absolute atomic E-state index is 0.670. The maximum absolute atomic E-state index is 5.35. The number of nitrogens with two attached hydrogens (primary N) is 1. The van der Waals surface area contributed by atoms with E-state index in [2.05, 4.69) is 39.4 Å². The molecule has 1 aromatic carbocycles. The topological polar surface area (TPSA) is 79.6 Å². The fourth-order valence-electron chi connectivity index (χ4n) is 1.95. The normalized spacial score (nSPS) is 10.9. The number of aromatic nitrogens is 3. The van der Waals surface area contributed by atoms with E-state index >= 15 is 0 Å². The van der Waals surface area contributed by atoms with Crippen LogP contribution in [0.25, 0.3) is 11.0 Å². The van der Waals surface area contributed by atoms with Crippen LogP contribution in [0.3, 0.4) is 0 Å². The number of hydrogen-bond acceptors (Lipinski definition) is 5. The number of pyridine rings is 1. The van der Waals surface area contributed by atoms with E-state index in [-0.39, 0.29) is 0 Å². The van der Waals surface area contributed by atoms with Crippen molar-refractivity contribution in [2.75, 3.05) is 5.43 Å². The number of nitrogens with one attached hydrogen (secondary N) is 2. The van der Waals surface area contributed by atoms with E-state index in [4.69, 9.17) is 5.84 Å². The fraction of sp³-hybridized carbons (Fsp3) is 0.143. The molecule has 0 fully saturated rings. The molecule has 2 heterocycles. The van der Waals surface area contributed by atoms with Crippen molar-refractivity contribution in [3.8, 4) is 0 Å². The van der Waals surface area contributed by atoms with Gasteiger partial charge in [-0.1, -0.05) is 23.9 Å². The van der Waals surface area contributed by atoms with Crippen LogP contribution >= 0.6 is 11.8 Å². The summed E-state index contributed by atoms with van der Waals surface area (Å²) in [7, 11) is 0. The van der Waals surface area contributed by atoms with Gasteiger partial charge >= 0.3 is 0 Å². The first kappa shape index (κ1) is 13.0. The molecule has 0 aliphatic rings. The van der Waals surface area contributed by atoms with Gasteiger partial charge in [0, 0.05) is 5.75 Å². The second kappa shape index (κ2) is 5.52. The molecule has 0 saturated carbocycles. The maximum Gasteiger partial charge on any atom is 0.166 e. The van der Waals surface area contributed by atoms with Crippen molar-refractivity contribution in [2.24, 2.45) is 5.84 Å². The third kappa shape index (κ3) is 2.76. The lowest BCUT2D eigenvalue weighted by Crippen LogP contribution is -2.08. The molecule has 3 rings (SSSR count). The van der Waals surface area contributed by atoms with E-state index in [1.807, 2.05) is 24.3 Å². The van der Waals surface area contributed by atoms with Gasteiger partial charge in [-0.25, -0.2) is 15.8 Å². The SMILES string of the molecule is Cc1ccc2nc(SCc3cccc(NN)n3)[nH]c2c1. The average Bonchev–Trinajstić information content (AvgIpc) is 2.87. The number of hydrogen-bond donors (Lipinski definition) is 3. The molecule has 0 radical (unpaired) electrons. The lowest BCUT2D eigenvalue weighted by molar-refractivity contribution is 1.07. The molecule has 4 N–H and O–H groups in total. The first-order valence-electron chi connectivity index (χ1n) is 6.26. The van der Waals surface area contributed by atoms with Crippen molar-refractivity contribution in [1.82, 2.24) is 15.0 Å². The summed E-state index contributed by atoms with van der Waals surface area (Å²) >= 11 is 1.63. The van der Waals surface area contributed by atoms with Crippen LogP contribution in [0, 0.1) is 6.92 Å². The monoisotopic (exact) mass is 285 g/mol. The van der Waals surface area contributed by atoms with Crippen LogP contribution < -0.4 is 11.3 Å². The Hall–Kier alpha value is -2.05. The predicted molar refractivity (Wildman–Crippen MR) is 82.4 cm³/mol. The zero-order valence-corrected chi connectivity index (χ0v) is 11.9. The Morgan fingerprint density at radius 2 is 2.15 bits per heavy atom. The number of rotatable bonds is 4. The molecule has 0 amide bonds. The molecule has 0 bridgehead atoms. The third-order valence-electron chi connectivity index (χ3n) is 2.93. The standard InChI is InChI=1S/C14H15N5S/c1-9-5-6-11-12(7-9)18-14(17-11)20-8-10-3-2-4-13(16-10)19-15/h2-7H,8,15H2,1H3,(H,16,19)(H,17,18). The number of nitrogens with zero attached hydrogens (tertiary/aromatic N) is 2. The summed E-state index contributed by atoms with van der Waals surface area (Å²) in [6.07, 6.45) is 0. The molecule has 3 aromatic rings. The Balaban J connectivity index is 1.76. The minimum atomic E-state index is 0.670. The lowest BCUT2D eigenvalue weighted by Gasteiger charge is -2.02. The van der Waals surface area contributed by atoms with Gasteiger partial charge in [-0.2, -0.15) is 0 Å². The number of thioether (sulfide) groups is 1. The Bertz CT molecular complexity index is 737. The lowest BCUT2D eigenvalue weighted by atomic mass is 10.2. The summed E-state index contributed by atoms with van der Waals surface area (Å²) in [5, 5.41) is 0.901. The van der Waals surface area contributed by atoms with Gasteiger partial charge in [0.05, 0.1) is 16.7 Å². The molecule has 0 atom stereocenters. The van der Waals surface area contributed by atoms with E-state index in [1.54, 1.807) is 11.8 Å².